The van der Waals surface area contributed by atoms with E-state index in [2.05, 4.69) is 5.32 Å². The molecule has 0 aliphatic carbocycles. The molecule has 12 heteroatoms. The van der Waals surface area contributed by atoms with Gasteiger partial charge in [-0.25, -0.2) is 18.1 Å². The number of amides is 3. The lowest BCUT2D eigenvalue weighted by Crippen LogP contribution is -2.53. The zero-order valence-electron chi connectivity index (χ0n) is 17.8. The molecule has 0 radical (unpaired) electrons. The molecule has 11 nitrogen and oxygen atoms in total. The van der Waals surface area contributed by atoms with Gasteiger partial charge < -0.3 is 5.32 Å². The monoisotopic (exact) mass is 453 g/mol. The second-order valence-corrected chi connectivity index (χ2v) is 10.4. The number of piperazine rings is 1. The van der Waals surface area contributed by atoms with Crippen molar-refractivity contribution >= 4 is 27.6 Å². The molecule has 1 unspecified atom stereocenters. The molecule has 2 aliphatic rings. The molecule has 170 valence electrons. The number of sulfonamides is 1. The van der Waals surface area contributed by atoms with E-state index in [1.54, 1.807) is 6.92 Å². The van der Waals surface area contributed by atoms with Crippen molar-refractivity contribution in [2.75, 3.05) is 32.8 Å². The van der Waals surface area contributed by atoms with Gasteiger partial charge in [0.2, 0.25) is 10.0 Å². The molecular formula is C19H27N5O6S. The summed E-state index contributed by atoms with van der Waals surface area (Å²) in [6.45, 7) is 6.72. The van der Waals surface area contributed by atoms with E-state index in [1.807, 2.05) is 18.7 Å². The molecule has 0 spiro atoms. The normalized spacial score (nSPS) is 23.4. The minimum Gasteiger partial charge on any atom is -0.323 e. The van der Waals surface area contributed by atoms with Gasteiger partial charge in [0.1, 0.15) is 5.54 Å². The number of carbonyl (C=O) groups is 2. The zero-order chi connectivity index (χ0) is 23.0. The van der Waals surface area contributed by atoms with E-state index in [9.17, 15) is 28.1 Å². The van der Waals surface area contributed by atoms with Crippen LogP contribution in [0.25, 0.3) is 0 Å². The van der Waals surface area contributed by atoms with Gasteiger partial charge in [-0.1, -0.05) is 19.9 Å². The maximum absolute atomic E-state index is 12.9. The van der Waals surface area contributed by atoms with Crippen molar-refractivity contribution < 1.29 is 22.9 Å². The molecule has 3 amide bonds. The molecule has 0 aromatic heterocycles. The first kappa shape index (κ1) is 23.1. The minimum absolute atomic E-state index is 0.0864. The van der Waals surface area contributed by atoms with Crippen LogP contribution >= 0.6 is 0 Å². The first-order valence-corrected chi connectivity index (χ1v) is 11.5. The number of urea groups is 1. The largest absolute Gasteiger partial charge is 0.326 e. The summed E-state index contributed by atoms with van der Waals surface area (Å²) in [7, 11) is -3.88. The molecule has 0 bridgehead atoms. The molecule has 31 heavy (non-hydrogen) atoms. The minimum atomic E-state index is -3.88. The van der Waals surface area contributed by atoms with Crippen molar-refractivity contribution in [3.05, 3.63) is 34.4 Å². The average Bonchev–Trinajstić information content (AvgIpc) is 2.90. The molecule has 0 saturated carbocycles. The number of non-ortho nitro benzene ring substituents is 1. The SMILES string of the molecule is CC(C)CC1(C)NC(=O)N(CN2CCN(S(=O)(=O)c3cccc([N+](=O)[O-])c3)CC2)C1=O. The third kappa shape index (κ3) is 4.70. The summed E-state index contributed by atoms with van der Waals surface area (Å²) in [5.41, 5.74) is -1.22. The van der Waals surface area contributed by atoms with Gasteiger partial charge in [-0.2, -0.15) is 4.31 Å². The lowest BCUT2D eigenvalue weighted by Gasteiger charge is -2.35. The number of nitrogens with one attached hydrogen (secondary N) is 1. The second-order valence-electron chi connectivity index (χ2n) is 8.51. The molecule has 1 aromatic carbocycles. The Balaban J connectivity index is 1.63. The summed E-state index contributed by atoms with van der Waals surface area (Å²) in [4.78, 5) is 38.4. The highest BCUT2D eigenvalue weighted by Crippen LogP contribution is 2.26. The fourth-order valence-electron chi connectivity index (χ4n) is 4.05. The molecule has 2 aliphatic heterocycles. The first-order valence-electron chi connectivity index (χ1n) is 10.0. The van der Waals surface area contributed by atoms with E-state index in [1.165, 1.54) is 27.4 Å². The van der Waals surface area contributed by atoms with Gasteiger partial charge in [0.15, 0.2) is 0 Å². The number of benzene rings is 1. The van der Waals surface area contributed by atoms with Crippen molar-refractivity contribution in [3.63, 3.8) is 0 Å². The Morgan fingerprint density at radius 1 is 1.19 bits per heavy atom. The van der Waals surface area contributed by atoms with E-state index < -0.39 is 26.5 Å². The number of nitro groups is 1. The average molecular weight is 454 g/mol. The molecule has 1 atom stereocenters. The molecule has 2 heterocycles. The van der Waals surface area contributed by atoms with Crippen molar-refractivity contribution in [1.29, 1.82) is 0 Å². The second kappa shape index (κ2) is 8.52. The van der Waals surface area contributed by atoms with Crippen LogP contribution in [0.5, 0.6) is 0 Å². The highest BCUT2D eigenvalue weighted by atomic mass is 32.2. The summed E-state index contributed by atoms with van der Waals surface area (Å²) < 4.78 is 27.0. The standard InChI is InChI=1S/C19H27N5O6S/c1-14(2)12-19(3)17(25)23(18(26)20-19)13-21-7-9-22(10-8-21)31(29,30)16-6-4-5-15(11-16)24(27)28/h4-6,11,14H,7-10,12-13H2,1-3H3,(H,20,26). The predicted molar refractivity (Wildman–Crippen MR) is 112 cm³/mol. The molecule has 2 saturated heterocycles. The third-order valence-corrected chi connectivity index (χ3v) is 7.40. The van der Waals surface area contributed by atoms with E-state index in [0.29, 0.717) is 19.5 Å². The number of nitrogens with zero attached hydrogens (tertiary/aromatic N) is 4. The Bertz CT molecular complexity index is 989. The summed E-state index contributed by atoms with van der Waals surface area (Å²) in [5, 5.41) is 13.7. The molecule has 1 N–H and O–H groups in total. The van der Waals surface area contributed by atoms with Gasteiger partial charge in [0.25, 0.3) is 11.6 Å². The van der Waals surface area contributed by atoms with E-state index in [-0.39, 0.29) is 42.2 Å². The van der Waals surface area contributed by atoms with Gasteiger partial charge in [-0.05, 0) is 25.3 Å². The highest BCUT2D eigenvalue weighted by molar-refractivity contribution is 7.89. The van der Waals surface area contributed by atoms with E-state index >= 15 is 0 Å². The van der Waals surface area contributed by atoms with Gasteiger partial charge in [-0.15, -0.1) is 0 Å². The quantitative estimate of drug-likeness (QED) is 0.373. The van der Waals surface area contributed by atoms with Crippen LogP contribution in [-0.4, -0.2) is 77.8 Å². The van der Waals surface area contributed by atoms with Crippen molar-refractivity contribution in [2.24, 2.45) is 5.92 Å². The molecular weight excluding hydrogens is 426 g/mol. The Kier molecular flexibility index (Phi) is 6.35. The number of carbonyl (C=O) groups excluding carboxylic acids is 2. The topological polar surface area (TPSA) is 133 Å². The van der Waals surface area contributed by atoms with E-state index in [0.717, 1.165) is 6.07 Å². The summed E-state index contributed by atoms with van der Waals surface area (Å²) in [6.07, 6.45) is 0.531. The summed E-state index contributed by atoms with van der Waals surface area (Å²) in [5.74, 6) is -0.0467. The lowest BCUT2D eigenvalue weighted by atomic mass is 9.91. The number of nitro benzene ring substituents is 1. The smallest absolute Gasteiger partial charge is 0.323 e. The van der Waals surface area contributed by atoms with Gasteiger partial charge in [0, 0.05) is 38.3 Å². The van der Waals surface area contributed by atoms with Crippen molar-refractivity contribution in [1.82, 2.24) is 19.4 Å². The highest BCUT2D eigenvalue weighted by Gasteiger charge is 2.48. The van der Waals surface area contributed by atoms with Crippen LogP contribution in [0.1, 0.15) is 27.2 Å². The summed E-state index contributed by atoms with van der Waals surface area (Å²) in [6, 6.07) is 4.51. The Hall–Kier alpha value is -2.57. The van der Waals surface area contributed by atoms with Gasteiger partial charge in [0.05, 0.1) is 16.5 Å². The Labute approximate surface area is 181 Å². The van der Waals surface area contributed by atoms with Crippen LogP contribution in [0.2, 0.25) is 0 Å². The van der Waals surface area contributed by atoms with E-state index in [4.69, 9.17) is 0 Å². The zero-order valence-corrected chi connectivity index (χ0v) is 18.6. The number of imide groups is 1. The van der Waals surface area contributed by atoms with Gasteiger partial charge >= 0.3 is 6.03 Å². The number of hydrogen-bond acceptors (Lipinski definition) is 7. The van der Waals surface area contributed by atoms with Crippen LogP contribution in [0.3, 0.4) is 0 Å². The van der Waals surface area contributed by atoms with Crippen molar-refractivity contribution in [3.8, 4) is 0 Å². The van der Waals surface area contributed by atoms with Crippen LogP contribution in [0, 0.1) is 16.0 Å². The number of rotatable bonds is 7. The Morgan fingerprint density at radius 2 is 1.84 bits per heavy atom. The van der Waals surface area contributed by atoms with Crippen LogP contribution in [0.4, 0.5) is 10.5 Å². The van der Waals surface area contributed by atoms with Gasteiger partial charge in [-0.3, -0.25) is 19.8 Å². The fraction of sp³-hybridized carbons (Fsp3) is 0.579. The summed E-state index contributed by atoms with van der Waals surface area (Å²) >= 11 is 0. The maximum atomic E-state index is 12.9. The third-order valence-electron chi connectivity index (χ3n) is 5.50. The fourth-order valence-corrected chi connectivity index (χ4v) is 5.51. The number of hydrogen-bond donors (Lipinski definition) is 1. The molecule has 3 rings (SSSR count). The molecule has 1 aromatic rings. The first-order chi connectivity index (χ1) is 14.4. The van der Waals surface area contributed by atoms with Crippen LogP contribution in [-0.2, 0) is 14.8 Å². The van der Waals surface area contributed by atoms with Crippen LogP contribution < -0.4 is 5.32 Å². The van der Waals surface area contributed by atoms with Crippen molar-refractivity contribution in [2.45, 2.75) is 37.6 Å². The lowest BCUT2D eigenvalue weighted by molar-refractivity contribution is -0.385. The predicted octanol–water partition coefficient (Wildman–Crippen LogP) is 1.22. The molecule has 2 fully saturated rings. The maximum Gasteiger partial charge on any atom is 0.326 e. The van der Waals surface area contributed by atoms with Crippen LogP contribution in [0.15, 0.2) is 29.2 Å². The Morgan fingerprint density at radius 3 is 2.42 bits per heavy atom.